The molecule has 176 valence electrons. The number of benzene rings is 2. The van der Waals surface area contributed by atoms with E-state index in [1.807, 2.05) is 69.3 Å². The lowest BCUT2D eigenvalue weighted by Crippen LogP contribution is -2.30. The fourth-order valence-electron chi connectivity index (χ4n) is 4.70. The maximum Gasteiger partial charge on any atom is 0.331 e. The highest BCUT2D eigenvalue weighted by atomic mass is 16.6. The van der Waals surface area contributed by atoms with Crippen LogP contribution in [0.2, 0.25) is 0 Å². The van der Waals surface area contributed by atoms with Crippen LogP contribution in [0, 0.1) is 0 Å². The average Bonchev–Trinajstić information content (AvgIpc) is 3.35. The molecule has 6 nitrogen and oxygen atoms in total. The van der Waals surface area contributed by atoms with Gasteiger partial charge in [-0.25, -0.2) is 4.79 Å². The third-order valence-corrected chi connectivity index (χ3v) is 5.96. The van der Waals surface area contributed by atoms with Crippen molar-refractivity contribution >= 4 is 28.9 Å². The Balaban J connectivity index is 1.70. The molecule has 0 bridgehead atoms. The normalized spacial score (nSPS) is 16.9. The van der Waals surface area contributed by atoms with E-state index in [-0.39, 0.29) is 11.9 Å². The smallest absolute Gasteiger partial charge is 0.331 e. The van der Waals surface area contributed by atoms with Crippen LogP contribution in [-0.2, 0) is 19.1 Å². The summed E-state index contributed by atoms with van der Waals surface area (Å²) in [7, 11) is 0. The van der Waals surface area contributed by atoms with Crippen molar-refractivity contribution in [2.75, 3.05) is 6.61 Å². The van der Waals surface area contributed by atoms with Gasteiger partial charge in [0.25, 0.3) is 0 Å². The Kier molecular flexibility index (Phi) is 5.59. The van der Waals surface area contributed by atoms with Crippen LogP contribution in [0.5, 0.6) is 0 Å². The highest BCUT2D eigenvalue weighted by Crippen LogP contribution is 2.48. The van der Waals surface area contributed by atoms with Gasteiger partial charge in [0.15, 0.2) is 0 Å². The van der Waals surface area contributed by atoms with E-state index in [9.17, 15) is 9.59 Å². The Morgan fingerprint density at radius 1 is 0.971 bits per heavy atom. The molecule has 3 aromatic rings. The Morgan fingerprint density at radius 2 is 1.69 bits per heavy atom. The van der Waals surface area contributed by atoms with Crippen LogP contribution in [0.1, 0.15) is 55.9 Å². The van der Waals surface area contributed by atoms with Gasteiger partial charge in [-0.2, -0.15) is 0 Å². The topological polar surface area (TPSA) is 77.9 Å². The summed E-state index contributed by atoms with van der Waals surface area (Å²) in [5.41, 5.74) is 6.78. The van der Waals surface area contributed by atoms with Crippen LogP contribution in [-0.4, -0.2) is 34.8 Å². The van der Waals surface area contributed by atoms with E-state index in [4.69, 9.17) is 14.5 Å². The Hall–Kier alpha value is -4.06. The van der Waals surface area contributed by atoms with Crippen molar-refractivity contribution < 1.29 is 19.1 Å². The van der Waals surface area contributed by atoms with Crippen LogP contribution in [0.3, 0.4) is 0 Å². The molecule has 0 fully saturated rings. The lowest BCUT2D eigenvalue weighted by Gasteiger charge is -2.23. The zero-order chi connectivity index (χ0) is 24.7. The summed E-state index contributed by atoms with van der Waals surface area (Å²) < 4.78 is 11.0. The summed E-state index contributed by atoms with van der Waals surface area (Å²) in [4.78, 5) is 35.0. The second-order valence-electron chi connectivity index (χ2n) is 9.48. The molecule has 2 aromatic carbocycles. The third kappa shape index (κ3) is 4.05. The quantitative estimate of drug-likeness (QED) is 0.288. The molecule has 1 aromatic heterocycles. The first-order chi connectivity index (χ1) is 16.8. The average molecular weight is 467 g/mol. The van der Waals surface area contributed by atoms with E-state index in [2.05, 4.69) is 4.98 Å². The SMILES string of the molecule is CCOC(=O)C=C1c2ccccc2-c2c1cccc2C1=Nc2ccncc2C1C(=O)OC(C)(C)C. The van der Waals surface area contributed by atoms with Gasteiger partial charge in [0, 0.05) is 29.6 Å². The van der Waals surface area contributed by atoms with E-state index in [0.717, 1.165) is 39.0 Å². The molecule has 0 saturated carbocycles. The van der Waals surface area contributed by atoms with Gasteiger partial charge in [0.1, 0.15) is 11.5 Å². The van der Waals surface area contributed by atoms with Crippen molar-refractivity contribution in [1.29, 1.82) is 0 Å². The van der Waals surface area contributed by atoms with E-state index in [1.54, 1.807) is 25.4 Å². The lowest BCUT2D eigenvalue weighted by molar-refractivity contribution is -0.154. The number of hydrogen-bond acceptors (Lipinski definition) is 6. The molecule has 0 spiro atoms. The first-order valence-electron chi connectivity index (χ1n) is 11.7. The summed E-state index contributed by atoms with van der Waals surface area (Å²) in [5.74, 6) is -1.46. The standard InChI is InChI=1S/C29H26N2O4/c1-5-34-24(32)15-21-17-9-6-7-10-18(17)25-19(21)11-8-12-20(25)27-26(28(33)35-29(2,3)4)22-16-30-14-13-23(22)31-27/h6-16,26H,5H2,1-4H3. The van der Waals surface area contributed by atoms with Gasteiger partial charge in [-0.3, -0.25) is 14.8 Å². The number of nitrogens with zero attached hydrogens (tertiary/aromatic N) is 2. The number of carbonyl (C=O) groups is 2. The largest absolute Gasteiger partial charge is 0.463 e. The number of pyridine rings is 1. The van der Waals surface area contributed by atoms with Crippen LogP contribution in [0.25, 0.3) is 16.7 Å². The molecule has 0 saturated heterocycles. The minimum atomic E-state index is -0.699. The van der Waals surface area contributed by atoms with Crippen molar-refractivity contribution in [3.05, 3.63) is 89.3 Å². The second kappa shape index (κ2) is 8.62. The molecule has 6 heteroatoms. The number of aromatic nitrogens is 1. The molecule has 2 heterocycles. The van der Waals surface area contributed by atoms with Crippen LogP contribution in [0.15, 0.2) is 72.0 Å². The number of esters is 2. The van der Waals surface area contributed by atoms with Gasteiger partial charge in [0.05, 0.1) is 18.0 Å². The van der Waals surface area contributed by atoms with Crippen LogP contribution < -0.4 is 0 Å². The van der Waals surface area contributed by atoms with E-state index >= 15 is 0 Å². The highest BCUT2D eigenvalue weighted by Gasteiger charge is 2.39. The van der Waals surface area contributed by atoms with Crippen molar-refractivity contribution in [2.45, 2.75) is 39.2 Å². The fourth-order valence-corrected chi connectivity index (χ4v) is 4.70. The molecule has 0 N–H and O–H groups in total. The number of aliphatic imine (C=N–C) groups is 1. The molecule has 1 atom stereocenters. The number of carbonyl (C=O) groups excluding carboxylic acids is 2. The van der Waals surface area contributed by atoms with E-state index < -0.39 is 11.5 Å². The van der Waals surface area contributed by atoms with Crippen molar-refractivity contribution in [1.82, 2.24) is 4.98 Å². The van der Waals surface area contributed by atoms with Crippen molar-refractivity contribution in [3.8, 4) is 11.1 Å². The lowest BCUT2D eigenvalue weighted by atomic mass is 9.87. The first-order valence-corrected chi connectivity index (χ1v) is 11.7. The summed E-state index contributed by atoms with van der Waals surface area (Å²) in [6.45, 7) is 7.64. The molecular formula is C29H26N2O4. The third-order valence-electron chi connectivity index (χ3n) is 5.96. The number of rotatable bonds is 4. The van der Waals surface area contributed by atoms with Gasteiger partial charge in [-0.05, 0) is 61.6 Å². The Bertz CT molecular complexity index is 1410. The highest BCUT2D eigenvalue weighted by molar-refractivity contribution is 6.24. The molecule has 2 aliphatic rings. The van der Waals surface area contributed by atoms with Gasteiger partial charge in [0.2, 0.25) is 0 Å². The second-order valence-corrected chi connectivity index (χ2v) is 9.48. The van der Waals surface area contributed by atoms with Crippen molar-refractivity contribution in [2.24, 2.45) is 4.99 Å². The fraction of sp³-hybridized carbons (Fsp3) is 0.241. The zero-order valence-electron chi connectivity index (χ0n) is 20.2. The summed E-state index contributed by atoms with van der Waals surface area (Å²) in [6.07, 6.45) is 4.89. The number of fused-ring (bicyclic) bond motifs is 4. The summed E-state index contributed by atoms with van der Waals surface area (Å²) in [6, 6.07) is 15.6. The van der Waals surface area contributed by atoms with Gasteiger partial charge in [-0.1, -0.05) is 42.5 Å². The van der Waals surface area contributed by atoms with Crippen molar-refractivity contribution in [3.63, 3.8) is 0 Å². The number of hydrogen-bond donors (Lipinski definition) is 0. The van der Waals surface area contributed by atoms with Gasteiger partial charge in [-0.15, -0.1) is 0 Å². The Morgan fingerprint density at radius 3 is 2.43 bits per heavy atom. The summed E-state index contributed by atoms with van der Waals surface area (Å²) in [5, 5.41) is 0. The minimum Gasteiger partial charge on any atom is -0.463 e. The number of ether oxygens (including phenoxy) is 2. The monoisotopic (exact) mass is 466 g/mol. The molecule has 35 heavy (non-hydrogen) atoms. The van der Waals surface area contributed by atoms with E-state index in [1.165, 1.54) is 0 Å². The van der Waals surface area contributed by atoms with Gasteiger partial charge < -0.3 is 9.47 Å². The predicted octanol–water partition coefficient (Wildman–Crippen LogP) is 5.62. The predicted molar refractivity (Wildman–Crippen MR) is 135 cm³/mol. The molecule has 1 aliphatic heterocycles. The molecule has 0 amide bonds. The molecule has 0 radical (unpaired) electrons. The maximum atomic E-state index is 13.4. The maximum absolute atomic E-state index is 13.4. The van der Waals surface area contributed by atoms with Gasteiger partial charge >= 0.3 is 11.9 Å². The van der Waals surface area contributed by atoms with Crippen LogP contribution in [0.4, 0.5) is 5.69 Å². The minimum absolute atomic E-state index is 0.303. The summed E-state index contributed by atoms with van der Waals surface area (Å²) >= 11 is 0. The van der Waals surface area contributed by atoms with Crippen LogP contribution >= 0.6 is 0 Å². The Labute approximate surface area is 204 Å². The molecule has 5 rings (SSSR count). The first kappa shape index (κ1) is 22.7. The molecular weight excluding hydrogens is 440 g/mol. The molecule has 1 aliphatic carbocycles. The van der Waals surface area contributed by atoms with E-state index in [0.29, 0.717) is 18.0 Å². The zero-order valence-corrected chi connectivity index (χ0v) is 20.2. The molecule has 1 unspecified atom stereocenters.